The maximum Gasteiger partial charge on any atom is 0.124 e. The smallest absolute Gasteiger partial charge is 0.124 e. The molecule has 0 aromatic heterocycles. The summed E-state index contributed by atoms with van der Waals surface area (Å²) in [6, 6.07) is 3.04. The van der Waals surface area contributed by atoms with Crippen LogP contribution in [0.2, 0.25) is 0 Å². The molecule has 1 aromatic rings. The predicted molar refractivity (Wildman–Crippen MR) is 54.8 cm³/mol. The normalized spacial score (nSPS) is 14.2. The van der Waals surface area contributed by atoms with E-state index < -0.39 is 0 Å². The lowest BCUT2D eigenvalue weighted by atomic mass is 10.1. The second-order valence-electron chi connectivity index (χ2n) is 3.05. The molecule has 1 aliphatic rings. The van der Waals surface area contributed by atoms with E-state index in [0.717, 1.165) is 27.6 Å². The fourth-order valence-electron chi connectivity index (χ4n) is 1.63. The molecule has 0 saturated heterocycles. The van der Waals surface area contributed by atoms with E-state index in [4.69, 9.17) is 5.73 Å². The van der Waals surface area contributed by atoms with Gasteiger partial charge in [0.1, 0.15) is 5.82 Å². The first-order valence-corrected chi connectivity index (χ1v) is 4.89. The predicted octanol–water partition coefficient (Wildman–Crippen LogP) is 2.49. The number of fused-ring (bicyclic) bond motifs is 1. The van der Waals surface area contributed by atoms with Crippen molar-refractivity contribution in [3.05, 3.63) is 39.6 Å². The van der Waals surface area contributed by atoms with Crippen LogP contribution in [0, 0.1) is 5.82 Å². The number of hydrogen-bond acceptors (Lipinski definition) is 1. The molecule has 0 aliphatic heterocycles. The van der Waals surface area contributed by atoms with Gasteiger partial charge < -0.3 is 5.73 Å². The molecule has 0 amide bonds. The van der Waals surface area contributed by atoms with Crippen LogP contribution in [0.3, 0.4) is 0 Å². The third-order valence-corrected chi connectivity index (χ3v) is 2.99. The first kappa shape index (κ1) is 8.91. The second kappa shape index (κ2) is 3.24. The van der Waals surface area contributed by atoms with Crippen molar-refractivity contribution < 1.29 is 4.39 Å². The Morgan fingerprint density at radius 1 is 1.46 bits per heavy atom. The van der Waals surface area contributed by atoms with E-state index >= 15 is 0 Å². The van der Waals surface area contributed by atoms with Gasteiger partial charge in [0.05, 0.1) is 0 Å². The molecule has 0 radical (unpaired) electrons. The summed E-state index contributed by atoms with van der Waals surface area (Å²) in [7, 11) is 0. The van der Waals surface area contributed by atoms with Gasteiger partial charge in [0.2, 0.25) is 0 Å². The van der Waals surface area contributed by atoms with Crippen molar-refractivity contribution in [2.45, 2.75) is 6.42 Å². The maximum atomic E-state index is 13.0. The van der Waals surface area contributed by atoms with Crippen LogP contribution in [0.5, 0.6) is 0 Å². The number of hydrogen-bond donors (Lipinski definition) is 1. The molecule has 0 saturated carbocycles. The van der Waals surface area contributed by atoms with E-state index in [-0.39, 0.29) is 5.82 Å². The van der Waals surface area contributed by atoms with Gasteiger partial charge >= 0.3 is 0 Å². The number of rotatable bonds is 1. The molecular formula is C10H9BrFN. The Morgan fingerprint density at radius 3 is 2.92 bits per heavy atom. The van der Waals surface area contributed by atoms with Gasteiger partial charge in [-0.25, -0.2) is 4.39 Å². The molecule has 68 valence electrons. The fraction of sp³-hybridized carbons (Fsp3) is 0.200. The highest BCUT2D eigenvalue weighted by Crippen LogP contribution is 2.32. The topological polar surface area (TPSA) is 26.0 Å². The summed E-state index contributed by atoms with van der Waals surface area (Å²) in [5.74, 6) is -0.216. The highest BCUT2D eigenvalue weighted by atomic mass is 79.9. The van der Waals surface area contributed by atoms with E-state index in [1.54, 1.807) is 6.07 Å². The van der Waals surface area contributed by atoms with E-state index in [1.165, 1.54) is 6.07 Å². The van der Waals surface area contributed by atoms with Crippen LogP contribution in [0.1, 0.15) is 11.1 Å². The summed E-state index contributed by atoms with van der Waals surface area (Å²) in [5.41, 5.74) is 8.67. The molecule has 0 unspecified atom stereocenters. The molecule has 1 aromatic carbocycles. The number of nitrogens with two attached hydrogens (primary N) is 1. The lowest BCUT2D eigenvalue weighted by Crippen LogP contribution is -2.01. The molecule has 0 spiro atoms. The number of benzene rings is 1. The second-order valence-corrected chi connectivity index (χ2v) is 3.91. The van der Waals surface area contributed by atoms with Crippen LogP contribution in [-0.4, -0.2) is 6.54 Å². The fourth-order valence-corrected chi connectivity index (χ4v) is 2.22. The summed E-state index contributed by atoms with van der Waals surface area (Å²) < 4.78 is 13.9. The highest BCUT2D eigenvalue weighted by Gasteiger charge is 2.16. The van der Waals surface area contributed by atoms with Crippen LogP contribution >= 0.6 is 15.9 Å². The Bertz CT molecular complexity index is 385. The van der Waals surface area contributed by atoms with Crippen molar-refractivity contribution in [1.29, 1.82) is 0 Å². The Morgan fingerprint density at radius 2 is 2.23 bits per heavy atom. The van der Waals surface area contributed by atoms with Crippen LogP contribution in [0.15, 0.2) is 22.7 Å². The summed E-state index contributed by atoms with van der Waals surface area (Å²) in [4.78, 5) is 0. The molecule has 2 rings (SSSR count). The van der Waals surface area contributed by atoms with Crippen LogP contribution in [0.25, 0.3) is 5.57 Å². The van der Waals surface area contributed by atoms with Crippen molar-refractivity contribution in [3.63, 3.8) is 0 Å². The van der Waals surface area contributed by atoms with Gasteiger partial charge in [-0.15, -0.1) is 0 Å². The Labute approximate surface area is 84.6 Å². The lowest BCUT2D eigenvalue weighted by Gasteiger charge is -2.05. The van der Waals surface area contributed by atoms with Gasteiger partial charge in [-0.3, -0.25) is 0 Å². The average Bonchev–Trinajstić information content (AvgIpc) is 2.47. The molecule has 1 nitrogen and oxygen atoms in total. The summed E-state index contributed by atoms with van der Waals surface area (Å²) in [6.07, 6.45) is 2.90. The molecule has 0 atom stereocenters. The molecule has 0 heterocycles. The van der Waals surface area contributed by atoms with Crippen LogP contribution < -0.4 is 5.73 Å². The molecule has 0 bridgehead atoms. The van der Waals surface area contributed by atoms with Crippen molar-refractivity contribution in [2.24, 2.45) is 5.73 Å². The Hall–Kier alpha value is -0.670. The Kier molecular flexibility index (Phi) is 2.22. The maximum absolute atomic E-state index is 13.0. The van der Waals surface area contributed by atoms with Crippen LogP contribution in [-0.2, 0) is 6.42 Å². The summed E-state index contributed by atoms with van der Waals surface area (Å²) in [5, 5.41) is 0. The SMILES string of the molecule is NCC1=CCc2c(Br)cc(F)cc21. The van der Waals surface area contributed by atoms with Gasteiger partial charge in [-0.2, -0.15) is 0 Å². The number of halogens is 2. The molecular weight excluding hydrogens is 233 g/mol. The Balaban J connectivity index is 2.58. The van der Waals surface area contributed by atoms with Crippen molar-refractivity contribution >= 4 is 21.5 Å². The van der Waals surface area contributed by atoms with E-state index in [9.17, 15) is 4.39 Å². The first-order chi connectivity index (χ1) is 6.22. The molecule has 1 aliphatic carbocycles. The van der Waals surface area contributed by atoms with Crippen molar-refractivity contribution in [2.75, 3.05) is 6.54 Å². The van der Waals surface area contributed by atoms with Gasteiger partial charge in [0.15, 0.2) is 0 Å². The van der Waals surface area contributed by atoms with Gasteiger partial charge in [0, 0.05) is 11.0 Å². The molecule has 3 heteroatoms. The minimum atomic E-state index is -0.216. The van der Waals surface area contributed by atoms with E-state index in [0.29, 0.717) is 6.54 Å². The minimum absolute atomic E-state index is 0.216. The average molecular weight is 242 g/mol. The van der Waals surface area contributed by atoms with Gasteiger partial charge in [0.25, 0.3) is 0 Å². The number of allylic oxidation sites excluding steroid dienone is 1. The van der Waals surface area contributed by atoms with Crippen LogP contribution in [0.4, 0.5) is 4.39 Å². The van der Waals surface area contributed by atoms with E-state index in [1.807, 2.05) is 0 Å². The molecule has 2 N–H and O–H groups in total. The zero-order chi connectivity index (χ0) is 9.42. The minimum Gasteiger partial charge on any atom is -0.326 e. The van der Waals surface area contributed by atoms with Crippen molar-refractivity contribution in [1.82, 2.24) is 0 Å². The quantitative estimate of drug-likeness (QED) is 0.804. The molecule has 13 heavy (non-hydrogen) atoms. The molecule has 0 fully saturated rings. The van der Waals surface area contributed by atoms with Gasteiger partial charge in [-0.05, 0) is 35.3 Å². The monoisotopic (exact) mass is 241 g/mol. The van der Waals surface area contributed by atoms with E-state index in [2.05, 4.69) is 22.0 Å². The summed E-state index contributed by atoms with van der Waals surface area (Å²) in [6.45, 7) is 0.475. The summed E-state index contributed by atoms with van der Waals surface area (Å²) >= 11 is 3.34. The lowest BCUT2D eigenvalue weighted by molar-refractivity contribution is 0.626. The van der Waals surface area contributed by atoms with Crippen molar-refractivity contribution in [3.8, 4) is 0 Å². The first-order valence-electron chi connectivity index (χ1n) is 4.09. The largest absolute Gasteiger partial charge is 0.326 e. The highest BCUT2D eigenvalue weighted by molar-refractivity contribution is 9.10. The third-order valence-electron chi connectivity index (χ3n) is 2.28. The zero-order valence-corrected chi connectivity index (χ0v) is 8.57. The zero-order valence-electron chi connectivity index (χ0n) is 6.98. The van der Waals surface area contributed by atoms with Gasteiger partial charge in [-0.1, -0.05) is 22.0 Å². The third kappa shape index (κ3) is 1.42. The standard InChI is InChI=1S/C10H9BrFN/c11-10-4-7(12)3-9-6(5-13)1-2-8(9)10/h1,3-4H,2,5,13H2.